The zero-order valence-corrected chi connectivity index (χ0v) is 23.4. The third-order valence-electron chi connectivity index (χ3n) is 6.50. The molecule has 0 bridgehead atoms. The van der Waals surface area contributed by atoms with Crippen molar-refractivity contribution in [3.05, 3.63) is 35.1 Å². The smallest absolute Gasteiger partial charge is 0.407 e. The van der Waals surface area contributed by atoms with E-state index in [-0.39, 0.29) is 29.5 Å². The molecule has 1 fully saturated rings. The molecule has 1 saturated heterocycles. The molecule has 0 radical (unpaired) electrons. The van der Waals surface area contributed by atoms with Gasteiger partial charge in [0.05, 0.1) is 30.9 Å². The van der Waals surface area contributed by atoms with Gasteiger partial charge in [0.1, 0.15) is 5.69 Å². The number of alkyl carbamates (subject to hydrolysis) is 1. The summed E-state index contributed by atoms with van der Waals surface area (Å²) in [5.41, 5.74) is 7.35. The third kappa shape index (κ3) is 8.05. The number of fused-ring (bicyclic) bond motifs is 1. The molecule has 2 aliphatic heterocycles. The van der Waals surface area contributed by atoms with Crippen molar-refractivity contribution in [1.29, 1.82) is 0 Å². The number of carbonyl (C=O) groups excluding carboxylic acids is 1. The molecule has 0 spiro atoms. The highest BCUT2D eigenvalue weighted by atomic mass is 35.5. The summed E-state index contributed by atoms with van der Waals surface area (Å²) in [4.78, 5) is 24.7. The molecule has 4 rings (SSSR count). The number of hydrogen-bond acceptors (Lipinski definition) is 11. The van der Waals surface area contributed by atoms with Crippen molar-refractivity contribution < 1.29 is 22.7 Å². The van der Waals surface area contributed by atoms with Gasteiger partial charge in [-0.3, -0.25) is 4.90 Å². The molecule has 1 aromatic carbocycles. The highest BCUT2D eigenvalue weighted by Gasteiger charge is 2.29. The summed E-state index contributed by atoms with van der Waals surface area (Å²) in [7, 11) is -3.60. The molecule has 5 N–H and O–H groups in total. The molecule has 1 atom stereocenters. The maximum absolute atomic E-state index is 12.5. The lowest BCUT2D eigenvalue weighted by atomic mass is 10.2. The van der Waals surface area contributed by atoms with Gasteiger partial charge in [0.25, 0.3) is 0 Å². The Morgan fingerprint density at radius 3 is 2.69 bits per heavy atom. The zero-order chi connectivity index (χ0) is 27.8. The van der Waals surface area contributed by atoms with E-state index in [0.29, 0.717) is 56.6 Å². The number of benzene rings is 1. The maximum Gasteiger partial charge on any atom is 0.407 e. The van der Waals surface area contributed by atoms with Gasteiger partial charge in [0, 0.05) is 39.3 Å². The lowest BCUT2D eigenvalue weighted by molar-refractivity contribution is 0.0390. The van der Waals surface area contributed by atoms with Gasteiger partial charge in [0.2, 0.25) is 15.3 Å². The summed E-state index contributed by atoms with van der Waals surface area (Å²) in [5, 5.41) is 6.03. The van der Waals surface area contributed by atoms with Crippen LogP contribution < -0.4 is 26.0 Å². The Morgan fingerprint density at radius 2 is 1.95 bits per heavy atom. The predicted octanol–water partition coefficient (Wildman–Crippen LogP) is 1.61. The third-order valence-corrected chi connectivity index (χ3v) is 8.15. The van der Waals surface area contributed by atoms with Crippen LogP contribution in [0.5, 0.6) is 0 Å². The standard InChI is InChI=1S/C24H35ClN8O5S/c1-17-29-20-21(26)30-23(25)31-22(20)33(17)9-2-3-13-38-24(34)27-16-18-4-6-19(7-5-18)39(35,36)28-8-10-32-11-14-37-15-12-32/h4-7,17,28-29H,2-3,8-16H2,1H3,(H,27,34)(H2,26,30,31). The SMILES string of the molecule is CC1Nc2c(N)nc(Cl)nc2N1CCCCOC(=O)NCc1ccc(S(=O)(=O)NCCN2CCOCC2)cc1. The van der Waals surface area contributed by atoms with Crippen LogP contribution in [0, 0.1) is 0 Å². The number of nitrogens with two attached hydrogens (primary N) is 1. The van der Waals surface area contributed by atoms with Gasteiger partial charge in [-0.05, 0) is 49.1 Å². The topological polar surface area (TPSA) is 164 Å². The quantitative estimate of drug-likeness (QED) is 0.212. The predicted molar refractivity (Wildman–Crippen MR) is 148 cm³/mol. The highest BCUT2D eigenvalue weighted by molar-refractivity contribution is 7.89. The molecular weight excluding hydrogens is 548 g/mol. The average molecular weight is 583 g/mol. The second-order valence-electron chi connectivity index (χ2n) is 9.28. The number of anilines is 3. The number of amides is 1. The van der Waals surface area contributed by atoms with Crippen molar-refractivity contribution in [1.82, 2.24) is 24.9 Å². The molecule has 39 heavy (non-hydrogen) atoms. The van der Waals surface area contributed by atoms with Crippen molar-refractivity contribution >= 4 is 45.0 Å². The molecule has 3 heterocycles. The Bertz CT molecular complexity index is 1230. The average Bonchev–Trinajstić information content (AvgIpc) is 3.23. The number of halogens is 1. The van der Waals surface area contributed by atoms with Crippen molar-refractivity contribution in [2.24, 2.45) is 0 Å². The molecule has 0 saturated carbocycles. The number of nitrogen functional groups attached to an aromatic ring is 1. The Labute approximate surface area is 233 Å². The van der Waals surface area contributed by atoms with Crippen LogP contribution in [-0.2, 0) is 26.0 Å². The Balaban J connectivity index is 1.12. The lowest BCUT2D eigenvalue weighted by Gasteiger charge is -2.26. The summed E-state index contributed by atoms with van der Waals surface area (Å²) >= 11 is 5.95. The first-order valence-corrected chi connectivity index (χ1v) is 14.7. The first-order chi connectivity index (χ1) is 18.7. The summed E-state index contributed by atoms with van der Waals surface area (Å²) in [6.45, 7) is 7.06. The number of unbranched alkanes of at least 4 members (excludes halogenated alkanes) is 1. The summed E-state index contributed by atoms with van der Waals surface area (Å²) in [6.07, 6.45) is 0.874. The number of rotatable bonds is 12. The van der Waals surface area contributed by atoms with Gasteiger partial charge in [-0.15, -0.1) is 0 Å². The molecule has 13 nitrogen and oxygen atoms in total. The number of aromatic nitrogens is 2. The molecule has 1 amide bonds. The second-order valence-corrected chi connectivity index (χ2v) is 11.4. The first-order valence-electron chi connectivity index (χ1n) is 12.9. The minimum Gasteiger partial charge on any atom is -0.450 e. The van der Waals surface area contributed by atoms with Gasteiger partial charge in [-0.1, -0.05) is 12.1 Å². The van der Waals surface area contributed by atoms with Crippen LogP contribution in [0.4, 0.5) is 22.1 Å². The number of morpholine rings is 1. The van der Waals surface area contributed by atoms with Crippen LogP contribution in [0.25, 0.3) is 0 Å². The molecule has 2 aliphatic rings. The number of ether oxygens (including phenoxy) is 2. The minimum absolute atomic E-state index is 0.00784. The summed E-state index contributed by atoms with van der Waals surface area (Å²) in [6, 6.07) is 6.39. The number of carbonyl (C=O) groups is 1. The highest BCUT2D eigenvalue weighted by Crippen LogP contribution is 2.37. The zero-order valence-electron chi connectivity index (χ0n) is 21.9. The number of nitrogens with one attached hydrogen (secondary N) is 3. The van der Waals surface area contributed by atoms with E-state index in [1.807, 2.05) is 11.8 Å². The van der Waals surface area contributed by atoms with Crippen molar-refractivity contribution in [2.75, 3.05) is 68.5 Å². The van der Waals surface area contributed by atoms with E-state index in [1.165, 1.54) is 12.1 Å². The van der Waals surface area contributed by atoms with E-state index in [0.717, 1.165) is 25.1 Å². The molecule has 1 aromatic heterocycles. The van der Waals surface area contributed by atoms with E-state index in [9.17, 15) is 13.2 Å². The molecule has 0 aliphatic carbocycles. The Morgan fingerprint density at radius 1 is 1.21 bits per heavy atom. The lowest BCUT2D eigenvalue weighted by Crippen LogP contribution is -2.41. The van der Waals surface area contributed by atoms with Crippen molar-refractivity contribution in [3.63, 3.8) is 0 Å². The van der Waals surface area contributed by atoms with Crippen LogP contribution in [0.15, 0.2) is 29.2 Å². The van der Waals surface area contributed by atoms with E-state index in [1.54, 1.807) is 12.1 Å². The minimum atomic E-state index is -3.60. The molecular formula is C24H35ClN8O5S. The molecule has 214 valence electrons. The molecule has 1 unspecified atom stereocenters. The fourth-order valence-corrected chi connectivity index (χ4v) is 5.55. The van der Waals surface area contributed by atoms with Crippen LogP contribution in [0.1, 0.15) is 25.3 Å². The van der Waals surface area contributed by atoms with E-state index >= 15 is 0 Å². The van der Waals surface area contributed by atoms with Crippen molar-refractivity contribution in [2.45, 2.75) is 37.4 Å². The fourth-order valence-electron chi connectivity index (χ4n) is 4.36. The monoisotopic (exact) mass is 582 g/mol. The van der Waals surface area contributed by atoms with Crippen molar-refractivity contribution in [3.8, 4) is 0 Å². The Hall–Kier alpha value is -2.91. The second kappa shape index (κ2) is 13.4. The van der Waals surface area contributed by atoms with Crippen LogP contribution in [0.3, 0.4) is 0 Å². The van der Waals surface area contributed by atoms with Crippen LogP contribution >= 0.6 is 11.6 Å². The van der Waals surface area contributed by atoms with Gasteiger partial charge in [-0.25, -0.2) is 17.9 Å². The Kier molecular flexibility index (Phi) is 10.0. The van der Waals surface area contributed by atoms with Crippen LogP contribution in [0.2, 0.25) is 5.28 Å². The van der Waals surface area contributed by atoms with E-state index in [4.69, 9.17) is 26.8 Å². The maximum atomic E-state index is 12.5. The van der Waals surface area contributed by atoms with Gasteiger partial charge >= 0.3 is 6.09 Å². The van der Waals surface area contributed by atoms with E-state index < -0.39 is 16.1 Å². The largest absolute Gasteiger partial charge is 0.450 e. The first kappa shape index (κ1) is 29.1. The molecule has 15 heteroatoms. The normalized spacial score (nSPS) is 17.5. The summed E-state index contributed by atoms with van der Waals surface area (Å²) < 4.78 is 38.3. The number of sulfonamides is 1. The molecule has 2 aromatic rings. The fraction of sp³-hybridized carbons (Fsp3) is 0.542. The van der Waals surface area contributed by atoms with E-state index in [2.05, 4.69) is 30.2 Å². The summed E-state index contributed by atoms with van der Waals surface area (Å²) in [5.74, 6) is 0.980. The number of hydrogen-bond donors (Lipinski definition) is 4. The van der Waals surface area contributed by atoms with Gasteiger partial charge < -0.3 is 30.7 Å². The van der Waals surface area contributed by atoms with Crippen LogP contribution in [-0.4, -0.2) is 88.1 Å². The number of nitrogens with zero attached hydrogens (tertiary/aromatic N) is 4. The van der Waals surface area contributed by atoms with Gasteiger partial charge in [-0.2, -0.15) is 9.97 Å². The van der Waals surface area contributed by atoms with Gasteiger partial charge in [0.15, 0.2) is 11.6 Å².